The fourth-order valence-electron chi connectivity index (χ4n) is 2.53. The first-order chi connectivity index (χ1) is 11.5. The van der Waals surface area contributed by atoms with Crippen molar-refractivity contribution in [2.24, 2.45) is 0 Å². The van der Waals surface area contributed by atoms with Gasteiger partial charge in [-0.15, -0.1) is 0 Å². The van der Waals surface area contributed by atoms with Gasteiger partial charge in [-0.3, -0.25) is 9.59 Å². The number of hydrogen-bond donors (Lipinski definition) is 1. The Morgan fingerprint density at radius 2 is 1.79 bits per heavy atom. The summed E-state index contributed by atoms with van der Waals surface area (Å²) in [5, 5.41) is 3.73. The number of ether oxygens (including phenoxy) is 1. The van der Waals surface area contributed by atoms with Gasteiger partial charge in [0.1, 0.15) is 11.8 Å². The molecule has 1 fully saturated rings. The van der Waals surface area contributed by atoms with Crippen LogP contribution in [0.5, 0.6) is 5.75 Å². The molecule has 0 aliphatic carbocycles. The minimum Gasteiger partial charge on any atom is -0.497 e. The molecule has 0 spiro atoms. The second kappa shape index (κ2) is 6.71. The molecule has 1 N–H and O–H groups in total. The third kappa shape index (κ3) is 3.18. The van der Waals surface area contributed by atoms with E-state index in [0.717, 1.165) is 10.6 Å². The number of amides is 2. The summed E-state index contributed by atoms with van der Waals surface area (Å²) < 4.78 is 5.09. The average Bonchev–Trinajstić information content (AvgIpc) is 2.85. The predicted molar refractivity (Wildman–Crippen MR) is 94.0 cm³/mol. The Morgan fingerprint density at radius 3 is 2.42 bits per heavy atom. The van der Waals surface area contributed by atoms with Gasteiger partial charge in [0.15, 0.2) is 0 Å². The molecule has 3 rings (SSSR count). The summed E-state index contributed by atoms with van der Waals surface area (Å²) in [4.78, 5) is 26.0. The first-order valence-corrected chi connectivity index (χ1v) is 7.97. The highest BCUT2D eigenvalue weighted by atomic mass is 35.5. The van der Waals surface area contributed by atoms with Crippen LogP contribution < -0.4 is 15.0 Å². The van der Waals surface area contributed by atoms with Crippen LogP contribution in [0, 0.1) is 0 Å². The molecule has 0 bridgehead atoms. The van der Waals surface area contributed by atoms with E-state index in [2.05, 4.69) is 5.32 Å². The molecule has 1 aliphatic heterocycles. The number of carbonyl (C=O) groups excluding carboxylic acids is 2. The summed E-state index contributed by atoms with van der Waals surface area (Å²) in [6.07, 6.45) is 0.0745. The molecule has 5 nitrogen and oxygen atoms in total. The average molecular weight is 365 g/mol. The Kier molecular flexibility index (Phi) is 4.64. The fourth-order valence-corrected chi connectivity index (χ4v) is 2.82. The quantitative estimate of drug-likeness (QED) is 0.839. The van der Waals surface area contributed by atoms with Crippen molar-refractivity contribution in [1.29, 1.82) is 0 Å². The summed E-state index contributed by atoms with van der Waals surface area (Å²) in [6.45, 7) is 0. The molecular weight excluding hydrogens is 351 g/mol. The Hall–Kier alpha value is -2.24. The molecule has 2 aromatic rings. The molecule has 0 saturated carbocycles. The van der Waals surface area contributed by atoms with Gasteiger partial charge in [0.25, 0.3) is 5.91 Å². The van der Waals surface area contributed by atoms with Gasteiger partial charge in [-0.1, -0.05) is 23.2 Å². The van der Waals surface area contributed by atoms with E-state index in [-0.39, 0.29) is 18.2 Å². The molecule has 1 heterocycles. The van der Waals surface area contributed by atoms with Crippen LogP contribution in [0.3, 0.4) is 0 Å². The maximum Gasteiger partial charge on any atom is 0.256 e. The number of nitrogens with one attached hydrogen (secondary N) is 1. The third-order valence-electron chi connectivity index (χ3n) is 3.74. The molecule has 2 aromatic carbocycles. The molecule has 0 aromatic heterocycles. The topological polar surface area (TPSA) is 58.6 Å². The third-order valence-corrected chi connectivity index (χ3v) is 4.48. The van der Waals surface area contributed by atoms with E-state index in [1.807, 2.05) is 0 Å². The molecule has 1 aliphatic rings. The number of carbonyl (C=O) groups is 2. The van der Waals surface area contributed by atoms with Gasteiger partial charge < -0.3 is 10.1 Å². The summed E-state index contributed by atoms with van der Waals surface area (Å²) in [6, 6.07) is 11.2. The van der Waals surface area contributed by atoms with Gasteiger partial charge in [-0.25, -0.2) is 4.90 Å². The molecule has 0 unspecified atom stereocenters. The number of halogens is 2. The Labute approximate surface area is 149 Å². The second-order valence-electron chi connectivity index (χ2n) is 5.30. The zero-order valence-corrected chi connectivity index (χ0v) is 14.3. The second-order valence-corrected chi connectivity index (χ2v) is 6.11. The van der Waals surface area contributed by atoms with E-state index in [1.165, 1.54) is 6.07 Å². The normalized spacial score (nSPS) is 17.3. The zero-order chi connectivity index (χ0) is 17.3. The van der Waals surface area contributed by atoms with Crippen LogP contribution in [0.2, 0.25) is 10.0 Å². The van der Waals surface area contributed by atoms with Gasteiger partial charge in [0.05, 0.1) is 29.3 Å². The van der Waals surface area contributed by atoms with Gasteiger partial charge in [0.2, 0.25) is 5.91 Å². The number of imide groups is 1. The lowest BCUT2D eigenvalue weighted by Crippen LogP contribution is -2.34. The van der Waals surface area contributed by atoms with Gasteiger partial charge in [-0.2, -0.15) is 0 Å². The van der Waals surface area contributed by atoms with E-state index in [0.29, 0.717) is 21.5 Å². The van der Waals surface area contributed by atoms with Crippen LogP contribution in [0.4, 0.5) is 11.4 Å². The minimum absolute atomic E-state index is 0.0745. The van der Waals surface area contributed by atoms with Crippen molar-refractivity contribution in [3.8, 4) is 5.75 Å². The fraction of sp³-hybridized carbons (Fsp3) is 0.176. The lowest BCUT2D eigenvalue weighted by molar-refractivity contribution is -0.121. The monoisotopic (exact) mass is 364 g/mol. The largest absolute Gasteiger partial charge is 0.497 e. The Morgan fingerprint density at radius 1 is 1.08 bits per heavy atom. The van der Waals surface area contributed by atoms with Crippen molar-refractivity contribution in [3.63, 3.8) is 0 Å². The first-order valence-electron chi connectivity index (χ1n) is 7.22. The van der Waals surface area contributed by atoms with Gasteiger partial charge in [-0.05, 0) is 42.5 Å². The SMILES string of the molecule is COc1ccc(N[C@H]2CC(=O)N(c3ccc(Cl)c(Cl)c3)C2=O)cc1. The zero-order valence-electron chi connectivity index (χ0n) is 12.8. The number of nitrogens with zero attached hydrogens (tertiary/aromatic N) is 1. The molecule has 24 heavy (non-hydrogen) atoms. The lowest BCUT2D eigenvalue weighted by atomic mass is 10.2. The van der Waals surface area contributed by atoms with E-state index < -0.39 is 6.04 Å². The summed E-state index contributed by atoms with van der Waals surface area (Å²) in [5.74, 6) is 0.102. The maximum absolute atomic E-state index is 12.6. The van der Waals surface area contributed by atoms with Crippen LogP contribution in [0.25, 0.3) is 0 Å². The van der Waals surface area contributed by atoms with Gasteiger partial charge in [0, 0.05) is 5.69 Å². The summed E-state index contributed by atoms with van der Waals surface area (Å²) in [5.41, 5.74) is 1.15. The highest BCUT2D eigenvalue weighted by Crippen LogP contribution is 2.31. The Bertz CT molecular complexity index is 793. The minimum atomic E-state index is -0.625. The predicted octanol–water partition coefficient (Wildman–Crippen LogP) is 3.75. The molecule has 2 amide bonds. The van der Waals surface area contributed by atoms with Crippen molar-refractivity contribution in [1.82, 2.24) is 0 Å². The van der Waals surface area contributed by atoms with E-state index >= 15 is 0 Å². The number of methoxy groups -OCH3 is 1. The summed E-state index contributed by atoms with van der Waals surface area (Å²) >= 11 is 11.9. The van der Waals surface area contributed by atoms with E-state index in [1.54, 1.807) is 43.5 Å². The highest BCUT2D eigenvalue weighted by Gasteiger charge is 2.39. The van der Waals surface area contributed by atoms with Gasteiger partial charge >= 0.3 is 0 Å². The van der Waals surface area contributed by atoms with Crippen LogP contribution in [0.1, 0.15) is 6.42 Å². The Balaban J connectivity index is 1.79. The molecule has 1 atom stereocenters. The smallest absolute Gasteiger partial charge is 0.256 e. The molecule has 1 saturated heterocycles. The standard InChI is InChI=1S/C17H14Cl2N2O3/c1-24-12-5-2-10(3-6-12)20-15-9-16(22)21(17(15)23)11-4-7-13(18)14(19)8-11/h2-8,15,20H,9H2,1H3/t15-/m0/s1. The highest BCUT2D eigenvalue weighted by molar-refractivity contribution is 6.42. The van der Waals surface area contributed by atoms with Crippen molar-refractivity contribution < 1.29 is 14.3 Å². The maximum atomic E-state index is 12.6. The number of benzene rings is 2. The van der Waals surface area contributed by atoms with Crippen molar-refractivity contribution in [3.05, 3.63) is 52.5 Å². The summed E-state index contributed by atoms with van der Waals surface area (Å²) in [7, 11) is 1.58. The van der Waals surface area contributed by atoms with E-state index in [4.69, 9.17) is 27.9 Å². The molecule has 124 valence electrons. The van der Waals surface area contributed by atoms with Crippen LogP contribution in [-0.2, 0) is 9.59 Å². The van der Waals surface area contributed by atoms with Crippen LogP contribution in [-0.4, -0.2) is 25.0 Å². The first kappa shape index (κ1) is 16.6. The molecule has 7 heteroatoms. The molecule has 0 radical (unpaired) electrons. The van der Waals surface area contributed by atoms with Crippen molar-refractivity contribution in [2.75, 3.05) is 17.3 Å². The number of hydrogen-bond acceptors (Lipinski definition) is 4. The van der Waals surface area contributed by atoms with Crippen LogP contribution in [0.15, 0.2) is 42.5 Å². The number of anilines is 2. The van der Waals surface area contributed by atoms with Crippen molar-refractivity contribution >= 4 is 46.4 Å². The molecular formula is C17H14Cl2N2O3. The van der Waals surface area contributed by atoms with Crippen LogP contribution >= 0.6 is 23.2 Å². The lowest BCUT2D eigenvalue weighted by Gasteiger charge is -2.16. The van der Waals surface area contributed by atoms with Crippen molar-refractivity contribution in [2.45, 2.75) is 12.5 Å². The van der Waals surface area contributed by atoms with E-state index in [9.17, 15) is 9.59 Å². The number of rotatable bonds is 4.